The number of nitrogens with one attached hydrogen (secondary N) is 2. The van der Waals surface area contributed by atoms with Gasteiger partial charge in [-0.2, -0.15) is 0 Å². The number of rotatable bonds is 1. The molecule has 2 aromatic carbocycles. The predicted molar refractivity (Wildman–Crippen MR) is 92.6 cm³/mol. The smallest absolute Gasteiger partial charge is 0.316 e. The van der Waals surface area contributed by atoms with Crippen molar-refractivity contribution in [3.63, 3.8) is 0 Å². The van der Waals surface area contributed by atoms with E-state index in [-0.39, 0.29) is 5.91 Å². The SMILES string of the molecule is O=C1NC(=O)C2(N1)c1ccccc1-c1ccc(-c3ccccn3)cc12. The van der Waals surface area contributed by atoms with Crippen molar-refractivity contribution >= 4 is 11.9 Å². The zero-order chi connectivity index (χ0) is 17.0. The molecule has 1 saturated heterocycles. The van der Waals surface area contributed by atoms with E-state index < -0.39 is 11.6 Å². The summed E-state index contributed by atoms with van der Waals surface area (Å²) in [5.41, 5.74) is 4.04. The van der Waals surface area contributed by atoms with Gasteiger partial charge in [0.1, 0.15) is 0 Å². The summed E-state index contributed by atoms with van der Waals surface area (Å²) in [5, 5.41) is 5.24. The monoisotopic (exact) mass is 327 g/mol. The molecule has 5 nitrogen and oxygen atoms in total. The first-order valence-corrected chi connectivity index (χ1v) is 7.99. The van der Waals surface area contributed by atoms with Crippen LogP contribution in [0.5, 0.6) is 0 Å². The van der Waals surface area contributed by atoms with Crippen LogP contribution in [0.25, 0.3) is 22.4 Å². The van der Waals surface area contributed by atoms with Crippen molar-refractivity contribution in [2.75, 3.05) is 0 Å². The fraction of sp³-hybridized carbons (Fsp3) is 0.0500. The maximum atomic E-state index is 12.8. The van der Waals surface area contributed by atoms with Crippen molar-refractivity contribution in [2.45, 2.75) is 5.54 Å². The van der Waals surface area contributed by atoms with Gasteiger partial charge in [-0.15, -0.1) is 0 Å². The molecule has 0 saturated carbocycles. The molecule has 1 atom stereocenters. The Balaban J connectivity index is 1.80. The Hall–Kier alpha value is -3.47. The lowest BCUT2D eigenvalue weighted by atomic mass is 9.86. The van der Waals surface area contributed by atoms with Crippen LogP contribution in [0.2, 0.25) is 0 Å². The van der Waals surface area contributed by atoms with E-state index in [1.54, 1.807) is 6.20 Å². The first-order chi connectivity index (χ1) is 12.2. The highest BCUT2D eigenvalue weighted by Gasteiger charge is 2.54. The number of nitrogens with zero attached hydrogens (tertiary/aromatic N) is 1. The molecule has 2 aliphatic rings. The molecule has 3 aromatic rings. The number of amides is 3. The zero-order valence-electron chi connectivity index (χ0n) is 13.1. The standard InChI is InChI=1S/C20H13N3O2/c24-18-20(23-19(25)22-18)15-6-2-1-5-13(15)14-9-8-12(11-16(14)20)17-7-3-4-10-21-17/h1-11H,(H2,22,23,24,25). The minimum Gasteiger partial charge on any atom is -0.316 e. The number of hydrogen-bond donors (Lipinski definition) is 2. The Morgan fingerprint density at radius 2 is 1.64 bits per heavy atom. The van der Waals surface area contributed by atoms with E-state index in [0.29, 0.717) is 0 Å². The van der Waals surface area contributed by atoms with Crippen LogP contribution in [0, 0.1) is 0 Å². The number of hydrogen-bond acceptors (Lipinski definition) is 3. The topological polar surface area (TPSA) is 71.1 Å². The Bertz CT molecular complexity index is 1050. The summed E-state index contributed by atoms with van der Waals surface area (Å²) in [4.78, 5) is 29.1. The van der Waals surface area contributed by atoms with Crippen LogP contribution >= 0.6 is 0 Å². The molecule has 1 aromatic heterocycles. The maximum absolute atomic E-state index is 12.8. The van der Waals surface area contributed by atoms with Crippen LogP contribution in [0.1, 0.15) is 11.1 Å². The lowest BCUT2D eigenvalue weighted by molar-refractivity contribution is -0.122. The van der Waals surface area contributed by atoms with Crippen molar-refractivity contribution < 1.29 is 9.59 Å². The quantitative estimate of drug-likeness (QED) is 0.675. The summed E-state index contributed by atoms with van der Waals surface area (Å²) in [6, 6.07) is 18.8. The molecule has 5 rings (SSSR count). The maximum Gasteiger partial charge on any atom is 0.322 e. The normalized spacial score (nSPS) is 20.2. The summed E-state index contributed by atoms with van der Waals surface area (Å²) >= 11 is 0. The molecule has 25 heavy (non-hydrogen) atoms. The van der Waals surface area contributed by atoms with E-state index in [1.165, 1.54) is 0 Å². The van der Waals surface area contributed by atoms with Gasteiger partial charge in [-0.1, -0.05) is 42.5 Å². The van der Waals surface area contributed by atoms with Gasteiger partial charge in [-0.3, -0.25) is 15.1 Å². The number of imide groups is 1. The molecule has 5 heteroatoms. The van der Waals surface area contributed by atoms with Gasteiger partial charge >= 0.3 is 6.03 Å². The van der Waals surface area contributed by atoms with Gasteiger partial charge in [0.15, 0.2) is 5.54 Å². The molecule has 0 radical (unpaired) electrons. The second-order valence-electron chi connectivity index (χ2n) is 6.18. The van der Waals surface area contributed by atoms with Gasteiger partial charge < -0.3 is 5.32 Å². The van der Waals surface area contributed by atoms with Crippen molar-refractivity contribution in [3.8, 4) is 22.4 Å². The fourth-order valence-corrected chi connectivity index (χ4v) is 3.81. The largest absolute Gasteiger partial charge is 0.322 e. The second kappa shape index (κ2) is 4.77. The number of benzene rings is 2. The number of pyridine rings is 1. The number of aromatic nitrogens is 1. The van der Waals surface area contributed by atoms with Crippen molar-refractivity contribution in [2.24, 2.45) is 0 Å². The molecule has 1 spiro atoms. The molecule has 2 heterocycles. The first-order valence-electron chi connectivity index (χ1n) is 7.99. The lowest BCUT2D eigenvalue weighted by Crippen LogP contribution is -2.43. The number of fused-ring (bicyclic) bond motifs is 5. The molecule has 0 bridgehead atoms. The second-order valence-corrected chi connectivity index (χ2v) is 6.18. The van der Waals surface area contributed by atoms with E-state index in [1.807, 2.05) is 60.7 Å². The fourth-order valence-electron chi connectivity index (χ4n) is 3.81. The molecule has 2 N–H and O–H groups in total. The average Bonchev–Trinajstić information content (AvgIpc) is 3.11. The highest BCUT2D eigenvalue weighted by Crippen LogP contribution is 2.49. The van der Waals surface area contributed by atoms with Crippen LogP contribution in [-0.4, -0.2) is 16.9 Å². The summed E-state index contributed by atoms with van der Waals surface area (Å²) in [6.45, 7) is 0. The van der Waals surface area contributed by atoms with Gasteiger partial charge in [0.25, 0.3) is 5.91 Å². The molecule has 3 amide bonds. The summed E-state index contributed by atoms with van der Waals surface area (Å²) < 4.78 is 0. The lowest BCUT2D eigenvalue weighted by Gasteiger charge is -2.23. The van der Waals surface area contributed by atoms with E-state index in [0.717, 1.165) is 33.5 Å². The van der Waals surface area contributed by atoms with E-state index in [2.05, 4.69) is 15.6 Å². The highest BCUT2D eigenvalue weighted by molar-refractivity contribution is 6.13. The molecule has 1 aliphatic carbocycles. The minimum atomic E-state index is -1.17. The molecule has 1 aliphatic heterocycles. The van der Waals surface area contributed by atoms with Gasteiger partial charge in [0, 0.05) is 17.3 Å². The average molecular weight is 327 g/mol. The number of carbonyl (C=O) groups excluding carboxylic acids is 2. The van der Waals surface area contributed by atoms with Crippen molar-refractivity contribution in [1.82, 2.24) is 15.6 Å². The van der Waals surface area contributed by atoms with Crippen LogP contribution in [0.3, 0.4) is 0 Å². The van der Waals surface area contributed by atoms with Crippen LogP contribution in [-0.2, 0) is 10.3 Å². The molecular weight excluding hydrogens is 314 g/mol. The van der Waals surface area contributed by atoms with E-state index in [4.69, 9.17) is 0 Å². The molecule has 1 unspecified atom stereocenters. The summed E-state index contributed by atoms with van der Waals surface area (Å²) in [5.74, 6) is -0.345. The van der Waals surface area contributed by atoms with Crippen LogP contribution in [0.15, 0.2) is 66.9 Å². The highest BCUT2D eigenvalue weighted by atomic mass is 16.2. The van der Waals surface area contributed by atoms with Gasteiger partial charge in [0.2, 0.25) is 0 Å². The van der Waals surface area contributed by atoms with Gasteiger partial charge in [-0.05, 0) is 34.9 Å². The van der Waals surface area contributed by atoms with Crippen molar-refractivity contribution in [3.05, 3.63) is 78.0 Å². The number of carbonyl (C=O) groups is 2. The zero-order valence-corrected chi connectivity index (χ0v) is 13.1. The third-order valence-electron chi connectivity index (χ3n) is 4.87. The third kappa shape index (κ3) is 1.75. The minimum absolute atomic E-state index is 0.345. The number of urea groups is 1. The van der Waals surface area contributed by atoms with Crippen molar-refractivity contribution in [1.29, 1.82) is 0 Å². The predicted octanol–water partition coefficient (Wildman–Crippen LogP) is 2.81. The Morgan fingerprint density at radius 1 is 0.840 bits per heavy atom. The summed E-state index contributed by atoms with van der Waals surface area (Å²) in [7, 11) is 0. The van der Waals surface area contributed by atoms with Gasteiger partial charge in [-0.25, -0.2) is 4.79 Å². The Kier molecular flexibility index (Phi) is 2.65. The first kappa shape index (κ1) is 13.9. The molecule has 1 fully saturated rings. The van der Waals surface area contributed by atoms with E-state index >= 15 is 0 Å². The Labute approximate surface area is 143 Å². The van der Waals surface area contributed by atoms with Crippen LogP contribution < -0.4 is 10.6 Å². The molecular formula is C20H13N3O2. The van der Waals surface area contributed by atoms with Crippen LogP contribution in [0.4, 0.5) is 4.79 Å². The molecule has 120 valence electrons. The van der Waals surface area contributed by atoms with E-state index in [9.17, 15) is 9.59 Å². The van der Waals surface area contributed by atoms with Gasteiger partial charge in [0.05, 0.1) is 5.69 Å². The Morgan fingerprint density at radius 3 is 2.40 bits per heavy atom. The third-order valence-corrected chi connectivity index (χ3v) is 4.87. The summed E-state index contributed by atoms with van der Waals surface area (Å²) in [6.07, 6.45) is 1.73.